The first-order valence-electron chi connectivity index (χ1n) is 12.4. The Kier molecular flexibility index (Phi) is 7.90. The van der Waals surface area contributed by atoms with Gasteiger partial charge in [0.2, 0.25) is 15.9 Å². The number of urea groups is 1. The summed E-state index contributed by atoms with van der Waals surface area (Å²) in [4.78, 5) is 28.3. The van der Waals surface area contributed by atoms with E-state index in [2.05, 4.69) is 5.32 Å². The van der Waals surface area contributed by atoms with E-state index in [9.17, 15) is 18.0 Å². The van der Waals surface area contributed by atoms with Gasteiger partial charge in [-0.15, -0.1) is 0 Å². The zero-order valence-corrected chi connectivity index (χ0v) is 20.2. The number of carbonyl (C=O) groups is 2. The van der Waals surface area contributed by atoms with Crippen LogP contribution in [0.3, 0.4) is 0 Å². The van der Waals surface area contributed by atoms with E-state index in [4.69, 9.17) is 0 Å². The van der Waals surface area contributed by atoms with Crippen molar-refractivity contribution in [2.24, 2.45) is 0 Å². The lowest BCUT2D eigenvalue weighted by molar-refractivity contribution is -0.129. The average molecular weight is 477 g/mol. The summed E-state index contributed by atoms with van der Waals surface area (Å²) in [6.45, 7) is 3.15. The molecule has 1 aliphatic carbocycles. The van der Waals surface area contributed by atoms with E-state index in [1.807, 2.05) is 17.0 Å². The minimum absolute atomic E-state index is 0.0817. The number of nitrogens with one attached hydrogen (secondary N) is 1. The SMILES string of the molecule is O=C(CCNC(=O)N1CCN(S(=O)(=O)c2ccc(C3CCCCC3)cc2)CC1)N1CCCC1. The number of nitrogens with zero attached hydrogens (tertiary/aromatic N) is 3. The fourth-order valence-corrected chi connectivity index (χ4v) is 6.56. The number of likely N-dealkylation sites (tertiary alicyclic amines) is 1. The summed E-state index contributed by atoms with van der Waals surface area (Å²) in [7, 11) is -3.57. The van der Waals surface area contributed by atoms with Crippen molar-refractivity contribution in [3.05, 3.63) is 29.8 Å². The second-order valence-corrected chi connectivity index (χ2v) is 11.3. The van der Waals surface area contributed by atoms with Gasteiger partial charge in [0.05, 0.1) is 4.90 Å². The van der Waals surface area contributed by atoms with Gasteiger partial charge in [-0.25, -0.2) is 13.2 Å². The van der Waals surface area contributed by atoms with Crippen molar-refractivity contribution < 1.29 is 18.0 Å². The maximum absolute atomic E-state index is 13.1. The molecule has 0 unspecified atom stereocenters. The van der Waals surface area contributed by atoms with Gasteiger partial charge in [0.1, 0.15) is 0 Å². The fourth-order valence-electron chi connectivity index (χ4n) is 5.14. The largest absolute Gasteiger partial charge is 0.343 e. The zero-order valence-electron chi connectivity index (χ0n) is 19.4. The summed E-state index contributed by atoms with van der Waals surface area (Å²) in [5.74, 6) is 0.626. The molecule has 182 valence electrons. The maximum Gasteiger partial charge on any atom is 0.317 e. The summed E-state index contributed by atoms with van der Waals surface area (Å²) >= 11 is 0. The summed E-state index contributed by atoms with van der Waals surface area (Å²) in [5.41, 5.74) is 1.23. The zero-order chi connectivity index (χ0) is 23.3. The second-order valence-electron chi connectivity index (χ2n) is 9.36. The quantitative estimate of drug-likeness (QED) is 0.684. The lowest BCUT2D eigenvalue weighted by Crippen LogP contribution is -2.53. The van der Waals surface area contributed by atoms with Crippen LogP contribution in [0.2, 0.25) is 0 Å². The molecule has 1 saturated carbocycles. The van der Waals surface area contributed by atoms with E-state index < -0.39 is 10.0 Å². The Morgan fingerprint density at radius 1 is 0.818 bits per heavy atom. The molecule has 0 radical (unpaired) electrons. The summed E-state index contributed by atoms with van der Waals surface area (Å²) in [6, 6.07) is 7.16. The van der Waals surface area contributed by atoms with Crippen molar-refractivity contribution in [2.45, 2.75) is 62.2 Å². The van der Waals surface area contributed by atoms with E-state index in [-0.39, 0.29) is 25.0 Å². The summed E-state index contributed by atoms with van der Waals surface area (Å²) in [6.07, 6.45) is 8.56. The van der Waals surface area contributed by atoms with Gasteiger partial charge < -0.3 is 15.1 Å². The first-order valence-corrected chi connectivity index (χ1v) is 13.8. The first-order chi connectivity index (χ1) is 15.9. The van der Waals surface area contributed by atoms with Crippen LogP contribution in [0, 0.1) is 0 Å². The Morgan fingerprint density at radius 3 is 2.09 bits per heavy atom. The van der Waals surface area contributed by atoms with Crippen LogP contribution < -0.4 is 5.32 Å². The number of hydrogen-bond donors (Lipinski definition) is 1. The smallest absolute Gasteiger partial charge is 0.317 e. The van der Waals surface area contributed by atoms with Crippen molar-refractivity contribution in [3.63, 3.8) is 0 Å². The van der Waals surface area contributed by atoms with Gasteiger partial charge in [-0.3, -0.25) is 4.79 Å². The molecule has 2 heterocycles. The number of hydrogen-bond acceptors (Lipinski definition) is 4. The van der Waals surface area contributed by atoms with E-state index in [0.717, 1.165) is 25.9 Å². The van der Waals surface area contributed by atoms with Gasteiger partial charge in [0, 0.05) is 52.2 Å². The molecular formula is C24H36N4O4S. The van der Waals surface area contributed by atoms with E-state index >= 15 is 0 Å². The van der Waals surface area contributed by atoms with Crippen LogP contribution in [0.15, 0.2) is 29.2 Å². The highest BCUT2D eigenvalue weighted by Gasteiger charge is 2.30. The van der Waals surface area contributed by atoms with Gasteiger partial charge >= 0.3 is 6.03 Å². The highest BCUT2D eigenvalue weighted by Crippen LogP contribution is 2.33. The van der Waals surface area contributed by atoms with Gasteiger partial charge in [-0.05, 0) is 49.3 Å². The molecule has 1 aromatic rings. The molecule has 0 bridgehead atoms. The molecule has 1 aromatic carbocycles. The van der Waals surface area contributed by atoms with Crippen LogP contribution in [-0.2, 0) is 14.8 Å². The first kappa shape index (κ1) is 24.0. The molecule has 9 heteroatoms. The molecule has 2 saturated heterocycles. The molecule has 3 amide bonds. The molecule has 33 heavy (non-hydrogen) atoms. The van der Waals surface area contributed by atoms with E-state index in [0.29, 0.717) is 36.9 Å². The van der Waals surface area contributed by atoms with Crippen molar-refractivity contribution in [1.82, 2.24) is 19.4 Å². The van der Waals surface area contributed by atoms with Gasteiger partial charge in [-0.2, -0.15) is 4.31 Å². The lowest BCUT2D eigenvalue weighted by Gasteiger charge is -2.34. The molecule has 3 aliphatic rings. The minimum atomic E-state index is -3.57. The monoisotopic (exact) mass is 476 g/mol. The van der Waals surface area contributed by atoms with Crippen LogP contribution in [0.25, 0.3) is 0 Å². The Balaban J connectivity index is 1.24. The molecule has 0 spiro atoms. The Bertz CT molecular complexity index is 914. The number of carbonyl (C=O) groups excluding carboxylic acids is 2. The van der Waals surface area contributed by atoms with Crippen LogP contribution in [0.5, 0.6) is 0 Å². The van der Waals surface area contributed by atoms with E-state index in [1.165, 1.54) is 42.0 Å². The summed E-state index contributed by atoms with van der Waals surface area (Å²) in [5, 5.41) is 2.80. The van der Waals surface area contributed by atoms with E-state index in [1.54, 1.807) is 17.0 Å². The highest BCUT2D eigenvalue weighted by atomic mass is 32.2. The fraction of sp³-hybridized carbons (Fsp3) is 0.667. The maximum atomic E-state index is 13.1. The predicted octanol–water partition coefficient (Wildman–Crippen LogP) is 2.76. The van der Waals surface area contributed by atoms with Crippen LogP contribution in [0.1, 0.15) is 62.8 Å². The van der Waals surface area contributed by atoms with Crippen molar-refractivity contribution >= 4 is 22.0 Å². The molecule has 3 fully saturated rings. The van der Waals surface area contributed by atoms with Crippen LogP contribution in [0.4, 0.5) is 4.79 Å². The third-order valence-corrected chi connectivity index (χ3v) is 9.11. The molecule has 8 nitrogen and oxygen atoms in total. The molecule has 0 aromatic heterocycles. The minimum Gasteiger partial charge on any atom is -0.343 e. The lowest BCUT2D eigenvalue weighted by atomic mass is 9.84. The standard InChI is InChI=1S/C24H36N4O4S/c29-23(26-14-4-5-15-26)12-13-25-24(30)27-16-18-28(19-17-27)33(31,32)22-10-8-21(9-11-22)20-6-2-1-3-7-20/h8-11,20H,1-7,12-19H2,(H,25,30). The van der Waals surface area contributed by atoms with Gasteiger partial charge in [-0.1, -0.05) is 31.4 Å². The third-order valence-electron chi connectivity index (χ3n) is 7.19. The van der Waals surface area contributed by atoms with Crippen LogP contribution in [-0.4, -0.2) is 80.3 Å². The molecule has 4 rings (SSSR count). The van der Waals surface area contributed by atoms with Crippen molar-refractivity contribution in [1.29, 1.82) is 0 Å². The number of rotatable bonds is 6. The highest BCUT2D eigenvalue weighted by molar-refractivity contribution is 7.89. The molecule has 1 N–H and O–H groups in total. The average Bonchev–Trinajstić information content (AvgIpc) is 3.40. The number of piperazine rings is 1. The van der Waals surface area contributed by atoms with Crippen LogP contribution >= 0.6 is 0 Å². The molecular weight excluding hydrogens is 440 g/mol. The third kappa shape index (κ3) is 5.87. The number of sulfonamides is 1. The summed E-state index contributed by atoms with van der Waals surface area (Å²) < 4.78 is 27.6. The van der Waals surface area contributed by atoms with Gasteiger partial charge in [0.15, 0.2) is 0 Å². The Hall–Kier alpha value is -2.13. The predicted molar refractivity (Wildman–Crippen MR) is 126 cm³/mol. The Morgan fingerprint density at radius 2 is 1.45 bits per heavy atom. The van der Waals surface area contributed by atoms with Crippen molar-refractivity contribution in [3.8, 4) is 0 Å². The molecule has 2 aliphatic heterocycles. The van der Waals surface area contributed by atoms with Crippen molar-refractivity contribution in [2.75, 3.05) is 45.8 Å². The normalized spacial score (nSPS) is 20.7. The topological polar surface area (TPSA) is 90.0 Å². The molecule has 0 atom stereocenters. The number of benzene rings is 1. The number of amides is 3. The van der Waals surface area contributed by atoms with Gasteiger partial charge in [0.25, 0.3) is 0 Å². The Labute approximate surface area is 197 Å². The second kappa shape index (κ2) is 10.9.